The molecule has 0 heterocycles. The Morgan fingerprint density at radius 1 is 1.47 bits per heavy atom. The first kappa shape index (κ1) is 16.1. The van der Waals surface area contributed by atoms with Crippen molar-refractivity contribution in [1.82, 2.24) is 5.32 Å². The molecule has 0 aliphatic rings. The highest BCUT2D eigenvalue weighted by molar-refractivity contribution is 9.10. The van der Waals surface area contributed by atoms with Crippen LogP contribution >= 0.6 is 15.9 Å². The zero-order chi connectivity index (χ0) is 14.5. The van der Waals surface area contributed by atoms with E-state index in [4.69, 9.17) is 4.74 Å². The molecule has 0 radical (unpaired) electrons. The van der Waals surface area contributed by atoms with Crippen LogP contribution in [0.25, 0.3) is 0 Å². The third-order valence-electron chi connectivity index (χ3n) is 2.88. The van der Waals surface area contributed by atoms with Gasteiger partial charge >= 0.3 is 5.97 Å². The number of ether oxygens (including phenoxy) is 1. The zero-order valence-corrected chi connectivity index (χ0v) is 13.0. The summed E-state index contributed by atoms with van der Waals surface area (Å²) in [5.41, 5.74) is -0.876. The quantitative estimate of drug-likeness (QED) is 0.812. The molecule has 0 saturated carbocycles. The van der Waals surface area contributed by atoms with E-state index in [9.17, 15) is 9.18 Å². The van der Waals surface area contributed by atoms with E-state index in [0.29, 0.717) is 16.6 Å². The lowest BCUT2D eigenvalue weighted by Crippen LogP contribution is -2.48. The van der Waals surface area contributed by atoms with Gasteiger partial charge in [-0.3, -0.25) is 5.32 Å². The third-order valence-corrected chi connectivity index (χ3v) is 3.38. The predicted molar refractivity (Wildman–Crippen MR) is 76.4 cm³/mol. The van der Waals surface area contributed by atoms with Crippen molar-refractivity contribution in [3.05, 3.63) is 34.1 Å². The van der Waals surface area contributed by atoms with Gasteiger partial charge in [0.25, 0.3) is 0 Å². The molecule has 0 amide bonds. The summed E-state index contributed by atoms with van der Waals surface area (Å²) in [5.74, 6) is -0.904. The second kappa shape index (κ2) is 7.01. The van der Waals surface area contributed by atoms with E-state index in [0.717, 1.165) is 6.42 Å². The Balaban J connectivity index is 3.18. The van der Waals surface area contributed by atoms with Gasteiger partial charge in [-0.2, -0.15) is 0 Å². The van der Waals surface area contributed by atoms with E-state index in [2.05, 4.69) is 21.2 Å². The molecule has 0 aromatic heterocycles. The molecule has 1 unspecified atom stereocenters. The van der Waals surface area contributed by atoms with Crippen LogP contribution in [0.1, 0.15) is 32.8 Å². The van der Waals surface area contributed by atoms with Crippen molar-refractivity contribution in [2.24, 2.45) is 0 Å². The van der Waals surface area contributed by atoms with Gasteiger partial charge in [0.05, 0.1) is 6.61 Å². The van der Waals surface area contributed by atoms with E-state index in [1.807, 2.05) is 6.92 Å². The molecule has 0 aliphatic carbocycles. The Hall–Kier alpha value is -0.940. The first-order valence-electron chi connectivity index (χ1n) is 6.33. The van der Waals surface area contributed by atoms with Crippen LogP contribution in [0.3, 0.4) is 0 Å². The van der Waals surface area contributed by atoms with Crippen LogP contribution in [0, 0.1) is 5.82 Å². The van der Waals surface area contributed by atoms with Gasteiger partial charge in [0.2, 0.25) is 0 Å². The van der Waals surface area contributed by atoms with Crippen LogP contribution in [0.4, 0.5) is 4.39 Å². The highest BCUT2D eigenvalue weighted by Crippen LogP contribution is 2.27. The van der Waals surface area contributed by atoms with Crippen LogP contribution in [0.5, 0.6) is 0 Å². The normalized spacial score (nSPS) is 13.9. The molecule has 0 spiro atoms. The fourth-order valence-electron chi connectivity index (χ4n) is 1.82. The van der Waals surface area contributed by atoms with Crippen molar-refractivity contribution in [3.63, 3.8) is 0 Å². The lowest BCUT2D eigenvalue weighted by Gasteiger charge is -2.29. The molecular weight excluding hydrogens is 313 g/mol. The van der Waals surface area contributed by atoms with Gasteiger partial charge in [0.15, 0.2) is 0 Å². The maximum Gasteiger partial charge on any atom is 0.330 e. The number of benzene rings is 1. The predicted octanol–water partition coefficient (Wildman–Crippen LogP) is 3.37. The Morgan fingerprint density at radius 2 is 2.16 bits per heavy atom. The summed E-state index contributed by atoms with van der Waals surface area (Å²) in [5, 5.41) is 3.08. The van der Waals surface area contributed by atoms with Gasteiger partial charge in [-0.15, -0.1) is 0 Å². The summed E-state index contributed by atoms with van der Waals surface area (Å²) in [6, 6.07) is 4.66. The summed E-state index contributed by atoms with van der Waals surface area (Å²) < 4.78 is 19.8. The number of carbonyl (C=O) groups excluding carboxylic acids is 1. The smallest absolute Gasteiger partial charge is 0.330 e. The second-order valence-corrected chi connectivity index (χ2v) is 5.31. The maximum atomic E-state index is 14.1. The minimum absolute atomic E-state index is 0.264. The van der Waals surface area contributed by atoms with Gasteiger partial charge in [-0.1, -0.05) is 28.9 Å². The first-order valence-corrected chi connectivity index (χ1v) is 7.12. The first-order chi connectivity index (χ1) is 8.95. The van der Waals surface area contributed by atoms with Gasteiger partial charge in [0.1, 0.15) is 11.4 Å². The molecule has 5 heteroatoms. The Bertz CT molecular complexity index is 453. The molecule has 19 heavy (non-hydrogen) atoms. The fourth-order valence-corrected chi connectivity index (χ4v) is 2.16. The summed E-state index contributed by atoms with van der Waals surface area (Å²) in [6.07, 6.45) is 0.840. The zero-order valence-electron chi connectivity index (χ0n) is 11.4. The molecule has 0 fully saturated rings. The van der Waals surface area contributed by atoms with Crippen molar-refractivity contribution in [2.45, 2.75) is 32.7 Å². The van der Waals surface area contributed by atoms with Crippen LogP contribution in [0.15, 0.2) is 22.7 Å². The molecule has 1 aromatic rings. The maximum absolute atomic E-state index is 14.1. The molecule has 0 saturated heterocycles. The molecule has 3 nitrogen and oxygen atoms in total. The minimum atomic E-state index is -1.17. The van der Waals surface area contributed by atoms with Gasteiger partial charge in [-0.05, 0) is 38.9 Å². The molecule has 1 N–H and O–H groups in total. The number of rotatable bonds is 6. The average Bonchev–Trinajstić information content (AvgIpc) is 2.36. The number of carbonyl (C=O) groups is 1. The molecule has 1 atom stereocenters. The summed E-state index contributed by atoms with van der Waals surface area (Å²) in [4.78, 5) is 12.1. The van der Waals surface area contributed by atoms with Gasteiger partial charge < -0.3 is 4.74 Å². The van der Waals surface area contributed by atoms with E-state index in [1.165, 1.54) is 6.07 Å². The molecule has 0 bridgehead atoms. The van der Waals surface area contributed by atoms with E-state index < -0.39 is 17.3 Å². The highest BCUT2D eigenvalue weighted by Gasteiger charge is 2.38. The Labute approximate surface area is 121 Å². The Morgan fingerprint density at radius 3 is 2.68 bits per heavy atom. The van der Waals surface area contributed by atoms with Crippen molar-refractivity contribution >= 4 is 21.9 Å². The van der Waals surface area contributed by atoms with Crippen molar-refractivity contribution in [1.29, 1.82) is 0 Å². The third kappa shape index (κ3) is 3.76. The number of hydrogen-bond acceptors (Lipinski definition) is 3. The monoisotopic (exact) mass is 331 g/mol. The van der Waals surface area contributed by atoms with Gasteiger partial charge in [-0.25, -0.2) is 9.18 Å². The lowest BCUT2D eigenvalue weighted by atomic mass is 9.91. The minimum Gasteiger partial charge on any atom is -0.464 e. The van der Waals surface area contributed by atoms with E-state index in [-0.39, 0.29) is 6.61 Å². The molecule has 1 aromatic carbocycles. The van der Waals surface area contributed by atoms with Crippen molar-refractivity contribution in [2.75, 3.05) is 13.2 Å². The summed E-state index contributed by atoms with van der Waals surface area (Å²) >= 11 is 3.21. The Kier molecular flexibility index (Phi) is 5.94. The van der Waals surface area contributed by atoms with E-state index in [1.54, 1.807) is 26.0 Å². The van der Waals surface area contributed by atoms with Gasteiger partial charge in [0, 0.05) is 10.0 Å². The average molecular weight is 332 g/mol. The van der Waals surface area contributed by atoms with Crippen LogP contribution in [0.2, 0.25) is 0 Å². The highest BCUT2D eigenvalue weighted by atomic mass is 79.9. The van der Waals surface area contributed by atoms with Crippen LogP contribution in [-0.4, -0.2) is 19.1 Å². The molecule has 1 rings (SSSR count). The topological polar surface area (TPSA) is 38.3 Å². The lowest BCUT2D eigenvalue weighted by molar-refractivity contribution is -0.151. The second-order valence-electron chi connectivity index (χ2n) is 4.40. The van der Waals surface area contributed by atoms with Crippen LogP contribution in [-0.2, 0) is 15.1 Å². The number of nitrogens with one attached hydrogen (secondary N) is 1. The number of hydrogen-bond donors (Lipinski definition) is 1. The number of esters is 1. The molecule has 106 valence electrons. The van der Waals surface area contributed by atoms with Crippen molar-refractivity contribution in [3.8, 4) is 0 Å². The summed E-state index contributed by atoms with van der Waals surface area (Å²) in [6.45, 7) is 6.23. The summed E-state index contributed by atoms with van der Waals surface area (Å²) in [7, 11) is 0. The SMILES string of the molecule is CCCNC(C)(C(=O)OCC)c1ccc(Br)cc1F. The largest absolute Gasteiger partial charge is 0.464 e. The van der Waals surface area contributed by atoms with E-state index >= 15 is 0 Å². The van der Waals surface area contributed by atoms with Crippen LogP contribution < -0.4 is 5.32 Å². The standard InChI is InChI=1S/C14H19BrFNO2/c1-4-8-17-14(3,13(18)19-5-2)11-7-6-10(15)9-12(11)16/h6-7,9,17H,4-5,8H2,1-3H3. The fraction of sp³-hybridized carbons (Fsp3) is 0.500. The molecular formula is C14H19BrFNO2. The van der Waals surface area contributed by atoms with Crippen molar-refractivity contribution < 1.29 is 13.9 Å². The molecule has 0 aliphatic heterocycles. The number of halogens is 2.